The quantitative estimate of drug-likeness (QED) is 0.482. The summed E-state index contributed by atoms with van der Waals surface area (Å²) in [5, 5.41) is 0. The molecule has 0 radical (unpaired) electrons. The van der Waals surface area contributed by atoms with Gasteiger partial charge in [-0.1, -0.05) is 12.1 Å². The zero-order chi connectivity index (χ0) is 13.1. The molecule has 1 heterocycles. The van der Waals surface area contributed by atoms with Gasteiger partial charge in [0.25, 0.3) is 0 Å². The Kier molecular flexibility index (Phi) is 3.81. The monoisotopic (exact) mass is 356 g/mol. The lowest BCUT2D eigenvalue weighted by molar-refractivity contribution is 0.0563. The van der Waals surface area contributed by atoms with E-state index in [0.717, 1.165) is 3.57 Å². The van der Waals surface area contributed by atoms with E-state index in [1.165, 1.54) is 19.2 Å². The van der Waals surface area contributed by atoms with Crippen LogP contribution in [0.5, 0.6) is 0 Å². The van der Waals surface area contributed by atoms with Gasteiger partial charge in [-0.05, 0) is 46.9 Å². The molecule has 0 aliphatic heterocycles. The predicted octanol–water partition coefficient (Wildman–Crippen LogP) is 2.90. The van der Waals surface area contributed by atoms with Crippen molar-refractivity contribution < 1.29 is 18.7 Å². The lowest BCUT2D eigenvalue weighted by Gasteiger charge is -2.00. The van der Waals surface area contributed by atoms with Gasteiger partial charge in [-0.25, -0.2) is 4.79 Å². The second-order valence-corrected chi connectivity index (χ2v) is 4.63. The Hall–Kier alpha value is -1.63. The van der Waals surface area contributed by atoms with Gasteiger partial charge in [-0.15, -0.1) is 0 Å². The van der Waals surface area contributed by atoms with E-state index in [1.54, 1.807) is 12.1 Å². The van der Waals surface area contributed by atoms with Crippen molar-refractivity contribution in [2.45, 2.75) is 0 Å². The fourth-order valence-electron chi connectivity index (χ4n) is 1.45. The van der Waals surface area contributed by atoms with E-state index in [-0.39, 0.29) is 17.3 Å². The fraction of sp³-hybridized carbons (Fsp3) is 0.0769. The minimum absolute atomic E-state index is 0.0202. The molecule has 0 spiro atoms. The van der Waals surface area contributed by atoms with Crippen LogP contribution in [-0.4, -0.2) is 18.9 Å². The van der Waals surface area contributed by atoms with Crippen LogP contribution in [0.4, 0.5) is 0 Å². The lowest BCUT2D eigenvalue weighted by Crippen LogP contribution is -2.03. The molecule has 92 valence electrons. The topological polar surface area (TPSA) is 56.5 Å². The number of halogens is 1. The van der Waals surface area contributed by atoms with E-state index in [1.807, 2.05) is 12.1 Å². The maximum atomic E-state index is 12.1. The number of methoxy groups -OCH3 is 1. The van der Waals surface area contributed by atoms with E-state index in [9.17, 15) is 9.59 Å². The third kappa shape index (κ3) is 2.45. The van der Waals surface area contributed by atoms with Crippen molar-refractivity contribution >= 4 is 34.3 Å². The highest BCUT2D eigenvalue weighted by molar-refractivity contribution is 14.1. The van der Waals surface area contributed by atoms with Gasteiger partial charge < -0.3 is 9.15 Å². The Morgan fingerprint density at radius 3 is 2.44 bits per heavy atom. The third-order valence-electron chi connectivity index (χ3n) is 2.33. The SMILES string of the molecule is COC(=O)c1ccc(C(=O)c2ccccc2I)o1. The highest BCUT2D eigenvalue weighted by Crippen LogP contribution is 2.18. The molecular formula is C13H9IO4. The molecule has 0 aliphatic rings. The van der Waals surface area contributed by atoms with E-state index < -0.39 is 5.97 Å². The predicted molar refractivity (Wildman–Crippen MR) is 72.6 cm³/mol. The molecule has 0 bridgehead atoms. The summed E-state index contributed by atoms with van der Waals surface area (Å²) in [5.74, 6) is -0.710. The highest BCUT2D eigenvalue weighted by atomic mass is 127. The van der Waals surface area contributed by atoms with Crippen molar-refractivity contribution in [2.75, 3.05) is 7.11 Å². The smallest absolute Gasteiger partial charge is 0.373 e. The number of furan rings is 1. The summed E-state index contributed by atoms with van der Waals surface area (Å²) < 4.78 is 10.5. The van der Waals surface area contributed by atoms with Gasteiger partial charge in [-0.3, -0.25) is 4.79 Å². The number of carbonyl (C=O) groups excluding carboxylic acids is 2. The molecular weight excluding hydrogens is 347 g/mol. The molecule has 0 N–H and O–H groups in total. The van der Waals surface area contributed by atoms with Gasteiger partial charge in [0.15, 0.2) is 5.76 Å². The van der Waals surface area contributed by atoms with Gasteiger partial charge >= 0.3 is 5.97 Å². The molecule has 0 saturated heterocycles. The summed E-state index contributed by atoms with van der Waals surface area (Å²) in [6.45, 7) is 0. The Morgan fingerprint density at radius 1 is 1.11 bits per heavy atom. The van der Waals surface area contributed by atoms with Gasteiger partial charge in [0.2, 0.25) is 11.5 Å². The van der Waals surface area contributed by atoms with Crippen molar-refractivity contribution in [3.63, 3.8) is 0 Å². The molecule has 0 saturated carbocycles. The Balaban J connectivity index is 2.33. The Labute approximate surface area is 117 Å². The second kappa shape index (κ2) is 5.34. The van der Waals surface area contributed by atoms with E-state index in [4.69, 9.17) is 4.42 Å². The molecule has 2 rings (SSSR count). The maximum Gasteiger partial charge on any atom is 0.373 e. The second-order valence-electron chi connectivity index (χ2n) is 3.46. The highest BCUT2D eigenvalue weighted by Gasteiger charge is 2.18. The van der Waals surface area contributed by atoms with Crippen molar-refractivity contribution in [3.05, 3.63) is 57.1 Å². The molecule has 1 aromatic carbocycles. The Morgan fingerprint density at radius 2 is 1.78 bits per heavy atom. The number of hydrogen-bond donors (Lipinski definition) is 0. The summed E-state index contributed by atoms with van der Waals surface area (Å²) >= 11 is 2.08. The standard InChI is InChI=1S/C13H9IO4/c1-17-13(16)11-7-6-10(18-11)12(15)8-4-2-3-5-9(8)14/h2-7H,1H3. The number of esters is 1. The van der Waals surface area contributed by atoms with Crippen LogP contribution in [0.15, 0.2) is 40.8 Å². The summed E-state index contributed by atoms with van der Waals surface area (Å²) in [6.07, 6.45) is 0. The van der Waals surface area contributed by atoms with Crippen LogP contribution in [0.25, 0.3) is 0 Å². The molecule has 0 amide bonds. The summed E-state index contributed by atoms with van der Waals surface area (Å²) in [7, 11) is 1.26. The molecule has 18 heavy (non-hydrogen) atoms. The van der Waals surface area contributed by atoms with Crippen LogP contribution < -0.4 is 0 Å². The lowest BCUT2D eigenvalue weighted by atomic mass is 10.1. The van der Waals surface area contributed by atoms with Crippen LogP contribution in [0, 0.1) is 3.57 Å². The minimum Gasteiger partial charge on any atom is -0.463 e. The molecule has 0 unspecified atom stereocenters. The van der Waals surface area contributed by atoms with Crippen molar-refractivity contribution in [2.24, 2.45) is 0 Å². The number of carbonyl (C=O) groups is 2. The Bertz CT molecular complexity index is 601. The van der Waals surface area contributed by atoms with Gasteiger partial charge in [0, 0.05) is 9.13 Å². The van der Waals surface area contributed by atoms with Crippen molar-refractivity contribution in [3.8, 4) is 0 Å². The van der Waals surface area contributed by atoms with Crippen LogP contribution >= 0.6 is 22.6 Å². The normalized spacial score (nSPS) is 10.1. The minimum atomic E-state index is -0.600. The average Bonchev–Trinajstić information content (AvgIpc) is 2.87. The molecule has 4 nitrogen and oxygen atoms in total. The number of hydrogen-bond acceptors (Lipinski definition) is 4. The maximum absolute atomic E-state index is 12.1. The first-order chi connectivity index (χ1) is 8.63. The fourth-order valence-corrected chi connectivity index (χ4v) is 2.08. The molecule has 0 atom stereocenters. The number of ketones is 1. The first kappa shape index (κ1) is 12.8. The van der Waals surface area contributed by atoms with Crippen LogP contribution in [0.3, 0.4) is 0 Å². The molecule has 0 fully saturated rings. The zero-order valence-corrected chi connectivity index (χ0v) is 11.6. The summed E-state index contributed by atoms with van der Waals surface area (Å²) in [5.41, 5.74) is 0.545. The van der Waals surface area contributed by atoms with Gasteiger partial charge in [-0.2, -0.15) is 0 Å². The first-order valence-electron chi connectivity index (χ1n) is 5.11. The van der Waals surface area contributed by atoms with Gasteiger partial charge in [0.1, 0.15) is 0 Å². The number of rotatable bonds is 3. The van der Waals surface area contributed by atoms with E-state index in [0.29, 0.717) is 5.56 Å². The molecule has 1 aromatic heterocycles. The van der Waals surface area contributed by atoms with Crippen molar-refractivity contribution in [1.82, 2.24) is 0 Å². The first-order valence-corrected chi connectivity index (χ1v) is 6.18. The zero-order valence-electron chi connectivity index (χ0n) is 9.48. The summed E-state index contributed by atoms with van der Waals surface area (Å²) in [4.78, 5) is 23.4. The summed E-state index contributed by atoms with van der Waals surface area (Å²) in [6, 6.07) is 10.1. The van der Waals surface area contributed by atoms with Crippen molar-refractivity contribution in [1.29, 1.82) is 0 Å². The number of ether oxygens (including phenoxy) is 1. The van der Waals surface area contributed by atoms with E-state index >= 15 is 0 Å². The largest absolute Gasteiger partial charge is 0.463 e. The third-order valence-corrected chi connectivity index (χ3v) is 3.28. The molecule has 2 aromatic rings. The van der Waals surface area contributed by atoms with Gasteiger partial charge in [0.05, 0.1) is 7.11 Å². The van der Waals surface area contributed by atoms with Crippen LogP contribution in [0.1, 0.15) is 26.7 Å². The molecule has 0 aliphatic carbocycles. The van der Waals surface area contributed by atoms with Crippen LogP contribution in [0.2, 0.25) is 0 Å². The van der Waals surface area contributed by atoms with E-state index in [2.05, 4.69) is 27.3 Å². The molecule has 5 heteroatoms. The average molecular weight is 356 g/mol. The van der Waals surface area contributed by atoms with Crippen LogP contribution in [-0.2, 0) is 4.74 Å². The number of benzene rings is 1.